The molecule has 0 bridgehead atoms. The van der Waals surface area contributed by atoms with E-state index >= 15 is 0 Å². The average Bonchev–Trinajstić information content (AvgIpc) is 3.10. The Kier molecular flexibility index (Phi) is 4.34. The minimum Gasteiger partial charge on any atom is -0.371 e. The van der Waals surface area contributed by atoms with Gasteiger partial charge in [-0.2, -0.15) is 15.4 Å². The van der Waals surface area contributed by atoms with E-state index in [9.17, 15) is 9.18 Å². The van der Waals surface area contributed by atoms with E-state index in [0.29, 0.717) is 11.0 Å². The molecule has 1 aromatic carbocycles. The highest BCUT2D eigenvalue weighted by molar-refractivity contribution is 5.92. The number of halogens is 1. The molecule has 2 aromatic heterocycles. The molecule has 0 spiro atoms. The lowest BCUT2D eigenvalue weighted by molar-refractivity contribution is 0.246. The lowest BCUT2D eigenvalue weighted by Crippen LogP contribution is -2.46. The predicted molar refractivity (Wildman–Crippen MR) is 95.5 cm³/mol. The summed E-state index contributed by atoms with van der Waals surface area (Å²) in [4.78, 5) is 18.5. The van der Waals surface area contributed by atoms with Gasteiger partial charge in [-0.1, -0.05) is 0 Å². The fourth-order valence-electron chi connectivity index (χ4n) is 3.14. The number of rotatable bonds is 3. The van der Waals surface area contributed by atoms with Gasteiger partial charge in [0.25, 0.3) is 0 Å². The summed E-state index contributed by atoms with van der Waals surface area (Å²) < 4.78 is 14.0. The molecule has 3 heterocycles. The second-order valence-electron chi connectivity index (χ2n) is 6.21. The fourth-order valence-corrected chi connectivity index (χ4v) is 3.14. The van der Waals surface area contributed by atoms with Gasteiger partial charge in [0, 0.05) is 43.3 Å². The first-order chi connectivity index (χ1) is 12.7. The normalized spacial score (nSPS) is 15.2. The van der Waals surface area contributed by atoms with Crippen LogP contribution in [-0.4, -0.2) is 45.6 Å². The molecule has 1 aliphatic heterocycles. The molecular formula is C17H18FN7O. The highest BCUT2D eigenvalue weighted by atomic mass is 19.1. The lowest BCUT2D eigenvalue weighted by atomic mass is 10.0. The van der Waals surface area contributed by atoms with Crippen molar-refractivity contribution in [1.82, 2.24) is 25.7 Å². The van der Waals surface area contributed by atoms with Crippen LogP contribution in [0.4, 0.5) is 20.6 Å². The van der Waals surface area contributed by atoms with Crippen LogP contribution >= 0.6 is 0 Å². The van der Waals surface area contributed by atoms with Crippen LogP contribution in [0, 0.1) is 5.82 Å². The van der Waals surface area contributed by atoms with Crippen molar-refractivity contribution in [1.29, 1.82) is 0 Å². The van der Waals surface area contributed by atoms with Crippen LogP contribution in [-0.2, 0) is 0 Å². The number of nitrogens with zero attached hydrogens (tertiary/aromatic N) is 4. The summed E-state index contributed by atoms with van der Waals surface area (Å²) in [5.41, 5.74) is 2.12. The SMILES string of the molecule is O=C(Nc1cc2n[nH]nc2cc1F)NC1CCN(c2ccncc2)CC1. The van der Waals surface area contributed by atoms with Crippen molar-refractivity contribution in [2.24, 2.45) is 0 Å². The molecule has 4 rings (SSSR count). The molecule has 3 aromatic rings. The van der Waals surface area contributed by atoms with Crippen LogP contribution < -0.4 is 15.5 Å². The Morgan fingerprint density at radius 2 is 1.85 bits per heavy atom. The first kappa shape index (κ1) is 16.2. The minimum absolute atomic E-state index is 0.0481. The summed E-state index contributed by atoms with van der Waals surface area (Å²) >= 11 is 0. The highest BCUT2D eigenvalue weighted by Gasteiger charge is 2.21. The van der Waals surface area contributed by atoms with Crippen molar-refractivity contribution in [2.45, 2.75) is 18.9 Å². The lowest BCUT2D eigenvalue weighted by Gasteiger charge is -2.33. The molecule has 1 saturated heterocycles. The van der Waals surface area contributed by atoms with E-state index < -0.39 is 11.8 Å². The van der Waals surface area contributed by atoms with E-state index in [1.54, 1.807) is 12.4 Å². The number of hydrogen-bond acceptors (Lipinski definition) is 5. The first-order valence-corrected chi connectivity index (χ1v) is 8.41. The van der Waals surface area contributed by atoms with Crippen LogP contribution in [0.1, 0.15) is 12.8 Å². The number of benzene rings is 1. The number of nitrogens with one attached hydrogen (secondary N) is 3. The molecule has 8 nitrogen and oxygen atoms in total. The maximum Gasteiger partial charge on any atom is 0.319 e. The molecule has 0 radical (unpaired) electrons. The Morgan fingerprint density at radius 1 is 1.15 bits per heavy atom. The molecule has 0 saturated carbocycles. The summed E-state index contributed by atoms with van der Waals surface area (Å²) in [5, 5.41) is 15.6. The monoisotopic (exact) mass is 355 g/mol. The van der Waals surface area contributed by atoms with E-state index in [-0.39, 0.29) is 11.7 Å². The Bertz CT molecular complexity index is 906. The predicted octanol–water partition coefficient (Wildman–Crippen LogP) is 2.28. The van der Waals surface area contributed by atoms with Crippen LogP contribution in [0.5, 0.6) is 0 Å². The Hall–Kier alpha value is -3.23. The van der Waals surface area contributed by atoms with Gasteiger partial charge < -0.3 is 15.5 Å². The summed E-state index contributed by atoms with van der Waals surface area (Å²) in [5.74, 6) is -0.547. The third-order valence-electron chi connectivity index (χ3n) is 4.51. The van der Waals surface area contributed by atoms with Crippen LogP contribution in [0.2, 0.25) is 0 Å². The average molecular weight is 355 g/mol. The molecule has 9 heteroatoms. The number of anilines is 2. The van der Waals surface area contributed by atoms with E-state index in [2.05, 4.69) is 35.9 Å². The molecule has 1 aliphatic rings. The van der Waals surface area contributed by atoms with E-state index in [0.717, 1.165) is 31.6 Å². The summed E-state index contributed by atoms with van der Waals surface area (Å²) in [6.45, 7) is 1.68. The number of hydrogen-bond donors (Lipinski definition) is 3. The molecular weight excluding hydrogens is 337 g/mol. The van der Waals surface area contributed by atoms with E-state index in [1.807, 2.05) is 12.1 Å². The number of piperidine rings is 1. The zero-order chi connectivity index (χ0) is 17.9. The Morgan fingerprint density at radius 3 is 2.58 bits per heavy atom. The number of aromatic amines is 1. The molecule has 134 valence electrons. The van der Waals surface area contributed by atoms with Gasteiger partial charge in [-0.25, -0.2) is 9.18 Å². The second-order valence-corrected chi connectivity index (χ2v) is 6.21. The molecule has 0 aliphatic carbocycles. The number of carbonyl (C=O) groups excluding carboxylic acids is 1. The van der Waals surface area contributed by atoms with Crippen molar-refractivity contribution in [3.05, 3.63) is 42.5 Å². The standard InChI is InChI=1S/C17H18FN7O/c18-13-9-15-16(23-24-22-15)10-14(13)21-17(26)20-11-3-7-25(8-4-11)12-1-5-19-6-2-12/h1-2,5-6,9-11H,3-4,7-8H2,(H2,20,21,26)(H,22,23,24). The Labute approximate surface area is 148 Å². The number of urea groups is 1. The van der Waals surface area contributed by atoms with Gasteiger partial charge in [0.1, 0.15) is 16.9 Å². The second kappa shape index (κ2) is 6.95. The summed E-state index contributed by atoms with van der Waals surface area (Å²) in [7, 11) is 0. The smallest absolute Gasteiger partial charge is 0.319 e. The van der Waals surface area contributed by atoms with Crippen molar-refractivity contribution in [3.8, 4) is 0 Å². The van der Waals surface area contributed by atoms with Crippen LogP contribution in [0.3, 0.4) is 0 Å². The van der Waals surface area contributed by atoms with E-state index in [1.165, 1.54) is 12.1 Å². The number of fused-ring (bicyclic) bond motifs is 1. The van der Waals surface area contributed by atoms with Crippen molar-refractivity contribution >= 4 is 28.4 Å². The number of H-pyrrole nitrogens is 1. The van der Waals surface area contributed by atoms with Gasteiger partial charge in [0.05, 0.1) is 5.69 Å². The highest BCUT2D eigenvalue weighted by Crippen LogP contribution is 2.21. The summed E-state index contributed by atoms with van der Waals surface area (Å²) in [6, 6.07) is 6.27. The zero-order valence-electron chi connectivity index (χ0n) is 13.9. The molecule has 0 atom stereocenters. The topological polar surface area (TPSA) is 98.8 Å². The molecule has 2 amide bonds. The van der Waals surface area contributed by atoms with Crippen molar-refractivity contribution < 1.29 is 9.18 Å². The largest absolute Gasteiger partial charge is 0.371 e. The minimum atomic E-state index is -0.547. The van der Waals surface area contributed by atoms with Gasteiger partial charge in [0.15, 0.2) is 0 Å². The third kappa shape index (κ3) is 3.41. The van der Waals surface area contributed by atoms with Gasteiger partial charge in [0.2, 0.25) is 0 Å². The molecule has 0 unspecified atom stereocenters. The van der Waals surface area contributed by atoms with Gasteiger partial charge in [-0.05, 0) is 31.0 Å². The van der Waals surface area contributed by atoms with Crippen LogP contribution in [0.15, 0.2) is 36.7 Å². The number of pyridine rings is 1. The zero-order valence-corrected chi connectivity index (χ0v) is 13.9. The van der Waals surface area contributed by atoms with Crippen molar-refractivity contribution in [3.63, 3.8) is 0 Å². The number of carbonyl (C=O) groups is 1. The molecule has 3 N–H and O–H groups in total. The maximum atomic E-state index is 14.0. The van der Waals surface area contributed by atoms with Gasteiger partial charge in [-0.3, -0.25) is 4.98 Å². The van der Waals surface area contributed by atoms with Gasteiger partial charge in [-0.15, -0.1) is 0 Å². The Balaban J connectivity index is 1.33. The number of amides is 2. The summed E-state index contributed by atoms with van der Waals surface area (Å²) in [6.07, 6.45) is 5.18. The molecule has 26 heavy (non-hydrogen) atoms. The van der Waals surface area contributed by atoms with Crippen LogP contribution in [0.25, 0.3) is 11.0 Å². The third-order valence-corrected chi connectivity index (χ3v) is 4.51. The first-order valence-electron chi connectivity index (χ1n) is 8.41. The quantitative estimate of drug-likeness (QED) is 0.669. The van der Waals surface area contributed by atoms with Crippen molar-refractivity contribution in [2.75, 3.05) is 23.3 Å². The maximum absolute atomic E-state index is 14.0. The van der Waals surface area contributed by atoms with Gasteiger partial charge >= 0.3 is 6.03 Å². The van der Waals surface area contributed by atoms with E-state index in [4.69, 9.17) is 0 Å². The fraction of sp³-hybridized carbons (Fsp3) is 0.294. The molecule has 1 fully saturated rings. The number of aromatic nitrogens is 4.